The number of rotatable bonds is 2. The molecule has 0 aromatic heterocycles. The summed E-state index contributed by atoms with van der Waals surface area (Å²) in [7, 11) is 0. The molecule has 2 aliphatic heterocycles. The van der Waals surface area contributed by atoms with Gasteiger partial charge < -0.3 is 5.32 Å². The molecule has 3 nitrogen and oxygen atoms in total. The second-order valence-electron chi connectivity index (χ2n) is 5.99. The molecule has 0 saturated carbocycles. The van der Waals surface area contributed by atoms with Crippen LogP contribution in [0, 0.1) is 17.7 Å². The summed E-state index contributed by atoms with van der Waals surface area (Å²) >= 11 is 0. The summed E-state index contributed by atoms with van der Waals surface area (Å²) < 4.78 is 52.6. The molecule has 0 bridgehead atoms. The van der Waals surface area contributed by atoms with Gasteiger partial charge in [-0.3, -0.25) is 9.69 Å². The Hall–Kier alpha value is -1.63. The van der Waals surface area contributed by atoms with Gasteiger partial charge in [-0.05, 0) is 23.5 Å². The Morgan fingerprint density at radius 2 is 1.95 bits per heavy atom. The Kier molecular flexibility index (Phi) is 3.84. The first kappa shape index (κ1) is 15.3. The summed E-state index contributed by atoms with van der Waals surface area (Å²) in [6.45, 7) is 1.81. The minimum absolute atomic E-state index is 0.00941. The molecule has 2 saturated heterocycles. The minimum Gasteiger partial charge on any atom is -0.356 e. The van der Waals surface area contributed by atoms with Crippen LogP contribution in [0.25, 0.3) is 0 Å². The van der Waals surface area contributed by atoms with E-state index in [0.717, 1.165) is 6.07 Å². The van der Waals surface area contributed by atoms with E-state index in [1.165, 1.54) is 12.1 Å². The zero-order chi connectivity index (χ0) is 15.9. The van der Waals surface area contributed by atoms with Crippen LogP contribution in [0.15, 0.2) is 18.2 Å². The van der Waals surface area contributed by atoms with Crippen molar-refractivity contribution < 1.29 is 22.4 Å². The molecule has 0 unspecified atom stereocenters. The standard InChI is InChI=1S/C15H16F4N2O/c16-12-3-1-2-9(14(12)15(17,18)19)6-21-7-10-4-13(22)20-5-11(10)8-21/h1-3,10-11H,4-8H2,(H,20,22)/t10-,11+/m1/s1. The number of hydrogen-bond acceptors (Lipinski definition) is 2. The van der Waals surface area contributed by atoms with E-state index in [0.29, 0.717) is 26.1 Å². The molecule has 2 atom stereocenters. The van der Waals surface area contributed by atoms with Crippen LogP contribution < -0.4 is 5.32 Å². The molecule has 1 N–H and O–H groups in total. The topological polar surface area (TPSA) is 32.3 Å². The zero-order valence-electron chi connectivity index (χ0n) is 11.8. The molecule has 120 valence electrons. The van der Waals surface area contributed by atoms with Gasteiger partial charge in [0.2, 0.25) is 5.91 Å². The van der Waals surface area contributed by atoms with E-state index in [1.54, 1.807) is 0 Å². The van der Waals surface area contributed by atoms with E-state index < -0.39 is 17.6 Å². The minimum atomic E-state index is -4.70. The van der Waals surface area contributed by atoms with Crippen LogP contribution in [0.3, 0.4) is 0 Å². The highest BCUT2D eigenvalue weighted by molar-refractivity contribution is 5.77. The smallest absolute Gasteiger partial charge is 0.356 e. The summed E-state index contributed by atoms with van der Waals surface area (Å²) in [5.41, 5.74) is -1.23. The molecule has 0 spiro atoms. The Balaban J connectivity index is 1.77. The van der Waals surface area contributed by atoms with Crippen LogP contribution in [-0.2, 0) is 17.5 Å². The largest absolute Gasteiger partial charge is 0.419 e. The molecule has 1 amide bonds. The summed E-state index contributed by atoms with van der Waals surface area (Å²) in [6.07, 6.45) is -4.29. The Bertz CT molecular complexity index is 587. The van der Waals surface area contributed by atoms with Crippen molar-refractivity contribution in [2.75, 3.05) is 19.6 Å². The predicted molar refractivity (Wildman–Crippen MR) is 71.3 cm³/mol. The van der Waals surface area contributed by atoms with Crippen molar-refractivity contribution >= 4 is 5.91 Å². The number of alkyl halides is 3. The number of nitrogens with zero attached hydrogens (tertiary/aromatic N) is 1. The number of hydrogen-bond donors (Lipinski definition) is 1. The fourth-order valence-electron chi connectivity index (χ4n) is 3.44. The van der Waals surface area contributed by atoms with Crippen LogP contribution in [-0.4, -0.2) is 30.4 Å². The highest BCUT2D eigenvalue weighted by Crippen LogP contribution is 2.36. The number of likely N-dealkylation sites (tertiary alicyclic amines) is 1. The van der Waals surface area contributed by atoms with Gasteiger partial charge in [-0.2, -0.15) is 13.2 Å². The number of carbonyl (C=O) groups is 1. The maximum Gasteiger partial charge on any atom is 0.419 e. The second-order valence-corrected chi connectivity index (χ2v) is 5.99. The molecular weight excluding hydrogens is 300 g/mol. The van der Waals surface area contributed by atoms with Crippen molar-refractivity contribution in [3.8, 4) is 0 Å². The summed E-state index contributed by atoms with van der Waals surface area (Å²) in [4.78, 5) is 13.2. The number of carbonyl (C=O) groups excluding carboxylic acids is 1. The molecule has 2 aliphatic rings. The van der Waals surface area contributed by atoms with Crippen molar-refractivity contribution in [1.82, 2.24) is 10.2 Å². The first-order valence-electron chi connectivity index (χ1n) is 7.18. The predicted octanol–water partition coefficient (Wildman–Crippen LogP) is 2.41. The lowest BCUT2D eigenvalue weighted by Crippen LogP contribution is -2.39. The molecule has 1 aromatic carbocycles. The fraction of sp³-hybridized carbons (Fsp3) is 0.533. The van der Waals surface area contributed by atoms with Gasteiger partial charge in [0.05, 0.1) is 5.56 Å². The van der Waals surface area contributed by atoms with E-state index in [4.69, 9.17) is 0 Å². The summed E-state index contributed by atoms with van der Waals surface area (Å²) in [5, 5.41) is 2.78. The number of nitrogens with one attached hydrogen (secondary N) is 1. The van der Waals surface area contributed by atoms with E-state index in [1.807, 2.05) is 4.90 Å². The first-order chi connectivity index (χ1) is 10.3. The van der Waals surface area contributed by atoms with Crippen molar-refractivity contribution in [3.63, 3.8) is 0 Å². The van der Waals surface area contributed by atoms with Crippen molar-refractivity contribution in [3.05, 3.63) is 35.1 Å². The van der Waals surface area contributed by atoms with Gasteiger partial charge in [0.1, 0.15) is 5.82 Å². The molecule has 2 heterocycles. The lowest BCUT2D eigenvalue weighted by atomic mass is 9.89. The van der Waals surface area contributed by atoms with Crippen LogP contribution >= 0.6 is 0 Å². The van der Waals surface area contributed by atoms with Gasteiger partial charge in [0.15, 0.2) is 0 Å². The SMILES string of the molecule is O=C1C[C@@H]2CN(Cc3cccc(F)c3C(F)(F)F)C[C@@H]2CN1. The third-order valence-electron chi connectivity index (χ3n) is 4.44. The lowest BCUT2D eigenvalue weighted by Gasteiger charge is -2.23. The van der Waals surface area contributed by atoms with Crippen LogP contribution in [0.1, 0.15) is 17.5 Å². The summed E-state index contributed by atoms with van der Waals surface area (Å²) in [6, 6.07) is 3.45. The quantitative estimate of drug-likeness (QED) is 0.850. The van der Waals surface area contributed by atoms with Gasteiger partial charge in [-0.15, -0.1) is 0 Å². The Morgan fingerprint density at radius 3 is 2.68 bits per heavy atom. The number of amides is 1. The fourth-order valence-corrected chi connectivity index (χ4v) is 3.44. The second kappa shape index (κ2) is 5.53. The van der Waals surface area contributed by atoms with Gasteiger partial charge in [0.25, 0.3) is 0 Å². The Morgan fingerprint density at radius 1 is 1.23 bits per heavy atom. The van der Waals surface area contributed by atoms with Crippen molar-refractivity contribution in [2.45, 2.75) is 19.1 Å². The molecule has 3 rings (SSSR count). The molecule has 0 radical (unpaired) electrons. The lowest BCUT2D eigenvalue weighted by molar-refractivity contribution is -0.140. The molecule has 22 heavy (non-hydrogen) atoms. The maximum atomic E-state index is 13.6. The first-order valence-corrected chi connectivity index (χ1v) is 7.18. The number of piperidine rings is 1. The van der Waals surface area contributed by atoms with Gasteiger partial charge >= 0.3 is 6.18 Å². The molecule has 2 fully saturated rings. The van der Waals surface area contributed by atoms with Crippen LogP contribution in [0.2, 0.25) is 0 Å². The molecule has 0 aliphatic carbocycles. The number of halogens is 4. The van der Waals surface area contributed by atoms with Gasteiger partial charge in [0, 0.05) is 32.6 Å². The highest BCUT2D eigenvalue weighted by atomic mass is 19.4. The maximum absolute atomic E-state index is 13.6. The number of fused-ring (bicyclic) bond motifs is 1. The zero-order valence-corrected chi connectivity index (χ0v) is 11.8. The van der Waals surface area contributed by atoms with E-state index >= 15 is 0 Å². The monoisotopic (exact) mass is 316 g/mol. The third kappa shape index (κ3) is 2.95. The average Bonchev–Trinajstić information content (AvgIpc) is 2.78. The van der Waals surface area contributed by atoms with Gasteiger partial charge in [-0.25, -0.2) is 4.39 Å². The van der Waals surface area contributed by atoms with Crippen LogP contribution in [0.5, 0.6) is 0 Å². The average molecular weight is 316 g/mol. The number of benzene rings is 1. The highest BCUT2D eigenvalue weighted by Gasteiger charge is 2.40. The Labute approximate surface area is 125 Å². The molecular formula is C15H16F4N2O. The molecule has 7 heteroatoms. The summed E-state index contributed by atoms with van der Waals surface area (Å²) in [5.74, 6) is -0.805. The van der Waals surface area contributed by atoms with E-state index in [9.17, 15) is 22.4 Å². The third-order valence-corrected chi connectivity index (χ3v) is 4.44. The molecule has 1 aromatic rings. The van der Waals surface area contributed by atoms with Crippen molar-refractivity contribution in [1.29, 1.82) is 0 Å². The van der Waals surface area contributed by atoms with E-state index in [2.05, 4.69) is 5.32 Å². The van der Waals surface area contributed by atoms with Gasteiger partial charge in [-0.1, -0.05) is 12.1 Å². The van der Waals surface area contributed by atoms with Crippen molar-refractivity contribution in [2.24, 2.45) is 11.8 Å². The normalized spacial score (nSPS) is 25.9. The van der Waals surface area contributed by atoms with E-state index in [-0.39, 0.29) is 29.9 Å². The van der Waals surface area contributed by atoms with Crippen LogP contribution in [0.4, 0.5) is 17.6 Å².